The Morgan fingerprint density at radius 1 is 1.10 bits per heavy atom. The van der Waals surface area contributed by atoms with Crippen molar-refractivity contribution in [3.63, 3.8) is 0 Å². The number of hydrogen-bond acceptors (Lipinski definition) is 3. The van der Waals surface area contributed by atoms with Crippen molar-refractivity contribution < 1.29 is 9.59 Å². The van der Waals surface area contributed by atoms with Gasteiger partial charge in [-0.15, -0.1) is 0 Å². The maximum atomic E-state index is 12.2. The van der Waals surface area contributed by atoms with E-state index in [0.29, 0.717) is 44.6 Å². The van der Waals surface area contributed by atoms with Crippen molar-refractivity contribution in [3.8, 4) is 0 Å². The molecular weight excluding hydrogens is 254 g/mol. The third kappa shape index (κ3) is 4.20. The summed E-state index contributed by atoms with van der Waals surface area (Å²) in [5, 5.41) is 0. The van der Waals surface area contributed by atoms with E-state index in [2.05, 4.69) is 0 Å². The van der Waals surface area contributed by atoms with E-state index in [1.54, 1.807) is 6.92 Å². The Hall–Kier alpha value is -1.10. The highest BCUT2D eigenvalue weighted by atomic mass is 16.2. The second kappa shape index (κ2) is 7.07. The molecule has 1 aliphatic heterocycles. The lowest BCUT2D eigenvalue weighted by Gasteiger charge is -2.34. The minimum atomic E-state index is 0.105. The standard InChI is InChI=1S/C15H27N3O2/c1-12(19)17-7-9-18(10-8-17)15(20)6-5-13-3-2-4-14(16)11-13/h13-14H,2-11,16H2,1H3. The summed E-state index contributed by atoms with van der Waals surface area (Å²) in [4.78, 5) is 27.2. The summed E-state index contributed by atoms with van der Waals surface area (Å²) in [6, 6.07) is 0.336. The average Bonchev–Trinajstić information content (AvgIpc) is 2.45. The summed E-state index contributed by atoms with van der Waals surface area (Å²) in [5.41, 5.74) is 5.99. The van der Waals surface area contributed by atoms with Crippen LogP contribution in [0.5, 0.6) is 0 Å². The highest BCUT2D eigenvalue weighted by molar-refractivity contribution is 5.77. The molecule has 1 saturated heterocycles. The third-order valence-electron chi connectivity index (χ3n) is 4.67. The predicted molar refractivity (Wildman–Crippen MR) is 78.0 cm³/mol. The van der Waals surface area contributed by atoms with Crippen molar-refractivity contribution in [2.45, 2.75) is 51.5 Å². The fourth-order valence-electron chi connectivity index (χ4n) is 3.35. The molecule has 0 radical (unpaired) electrons. The van der Waals surface area contributed by atoms with Gasteiger partial charge in [0.1, 0.15) is 0 Å². The lowest BCUT2D eigenvalue weighted by Crippen LogP contribution is -2.50. The number of piperazine rings is 1. The van der Waals surface area contributed by atoms with E-state index < -0.39 is 0 Å². The molecule has 2 N–H and O–H groups in total. The summed E-state index contributed by atoms with van der Waals surface area (Å²) < 4.78 is 0. The first-order valence-corrected chi connectivity index (χ1v) is 7.85. The number of amides is 2. The molecular formula is C15H27N3O2. The molecule has 0 bridgehead atoms. The van der Waals surface area contributed by atoms with Gasteiger partial charge in [-0.3, -0.25) is 9.59 Å². The number of carbonyl (C=O) groups excluding carboxylic acids is 2. The van der Waals surface area contributed by atoms with E-state index in [4.69, 9.17) is 5.73 Å². The first kappa shape index (κ1) is 15.3. The van der Waals surface area contributed by atoms with Crippen molar-refractivity contribution in [2.75, 3.05) is 26.2 Å². The van der Waals surface area contributed by atoms with E-state index in [0.717, 1.165) is 19.3 Å². The van der Waals surface area contributed by atoms with E-state index >= 15 is 0 Å². The fourth-order valence-corrected chi connectivity index (χ4v) is 3.35. The number of nitrogens with zero attached hydrogens (tertiary/aromatic N) is 2. The van der Waals surface area contributed by atoms with Crippen LogP contribution in [0.1, 0.15) is 45.4 Å². The molecule has 2 unspecified atom stereocenters. The van der Waals surface area contributed by atoms with Crippen molar-refractivity contribution in [3.05, 3.63) is 0 Å². The highest BCUT2D eigenvalue weighted by Gasteiger charge is 2.24. The van der Waals surface area contributed by atoms with Gasteiger partial charge >= 0.3 is 0 Å². The van der Waals surface area contributed by atoms with Crippen molar-refractivity contribution in [1.29, 1.82) is 0 Å². The zero-order valence-corrected chi connectivity index (χ0v) is 12.5. The van der Waals surface area contributed by atoms with Gasteiger partial charge < -0.3 is 15.5 Å². The monoisotopic (exact) mass is 281 g/mol. The Balaban J connectivity index is 1.69. The van der Waals surface area contributed by atoms with Gasteiger partial charge in [-0.05, 0) is 25.2 Å². The van der Waals surface area contributed by atoms with Crippen LogP contribution in [0.25, 0.3) is 0 Å². The predicted octanol–water partition coefficient (Wildman–Crippen LogP) is 0.975. The van der Waals surface area contributed by atoms with E-state index in [1.165, 1.54) is 12.8 Å². The molecule has 2 amide bonds. The number of nitrogens with two attached hydrogens (primary N) is 1. The first-order valence-electron chi connectivity index (χ1n) is 7.85. The molecule has 2 fully saturated rings. The highest BCUT2D eigenvalue weighted by Crippen LogP contribution is 2.27. The molecule has 20 heavy (non-hydrogen) atoms. The normalized spacial score (nSPS) is 27.5. The van der Waals surface area contributed by atoms with Crippen LogP contribution in [0.15, 0.2) is 0 Å². The van der Waals surface area contributed by atoms with Crippen molar-refractivity contribution in [1.82, 2.24) is 9.80 Å². The Labute approximate surface area is 121 Å². The molecule has 2 aliphatic rings. The summed E-state index contributed by atoms with van der Waals surface area (Å²) in [5.74, 6) is 0.974. The average molecular weight is 281 g/mol. The van der Waals surface area contributed by atoms with Crippen LogP contribution in [-0.2, 0) is 9.59 Å². The number of hydrogen-bond donors (Lipinski definition) is 1. The molecule has 0 aromatic carbocycles. The van der Waals surface area contributed by atoms with Gasteiger partial charge in [-0.2, -0.15) is 0 Å². The van der Waals surface area contributed by atoms with Crippen molar-refractivity contribution >= 4 is 11.8 Å². The van der Waals surface area contributed by atoms with Crippen LogP contribution in [-0.4, -0.2) is 53.8 Å². The largest absolute Gasteiger partial charge is 0.339 e. The summed E-state index contributed by atoms with van der Waals surface area (Å²) in [7, 11) is 0. The Bertz CT molecular complexity index is 351. The minimum absolute atomic E-state index is 0.105. The molecule has 2 rings (SSSR count). The Kier molecular flexibility index (Phi) is 5.40. The maximum Gasteiger partial charge on any atom is 0.222 e. The summed E-state index contributed by atoms with van der Waals surface area (Å²) in [6.45, 7) is 4.31. The van der Waals surface area contributed by atoms with E-state index in [9.17, 15) is 9.59 Å². The lowest BCUT2D eigenvalue weighted by atomic mass is 9.83. The topological polar surface area (TPSA) is 66.6 Å². The molecule has 5 heteroatoms. The van der Waals surface area contributed by atoms with E-state index in [1.807, 2.05) is 9.80 Å². The lowest BCUT2D eigenvalue weighted by molar-refractivity contribution is -0.138. The van der Waals surface area contributed by atoms with Crippen LogP contribution in [0.4, 0.5) is 0 Å². The Morgan fingerprint density at radius 3 is 2.35 bits per heavy atom. The van der Waals surface area contributed by atoms with Gasteiger partial charge in [0.05, 0.1) is 0 Å². The minimum Gasteiger partial charge on any atom is -0.339 e. The Morgan fingerprint density at radius 2 is 1.75 bits per heavy atom. The van der Waals surface area contributed by atoms with Gasteiger partial charge in [-0.25, -0.2) is 0 Å². The van der Waals surface area contributed by atoms with Gasteiger partial charge in [0.25, 0.3) is 0 Å². The van der Waals surface area contributed by atoms with Gasteiger partial charge in [0.15, 0.2) is 0 Å². The van der Waals surface area contributed by atoms with Crippen molar-refractivity contribution in [2.24, 2.45) is 11.7 Å². The van der Waals surface area contributed by atoms with Crippen LogP contribution in [0.2, 0.25) is 0 Å². The molecule has 1 heterocycles. The summed E-state index contributed by atoms with van der Waals surface area (Å²) >= 11 is 0. The zero-order chi connectivity index (χ0) is 14.5. The molecule has 0 aromatic heterocycles. The summed E-state index contributed by atoms with van der Waals surface area (Å²) in [6.07, 6.45) is 6.25. The molecule has 0 spiro atoms. The SMILES string of the molecule is CC(=O)N1CCN(C(=O)CCC2CCCC(N)C2)CC1. The first-order chi connectivity index (χ1) is 9.56. The van der Waals surface area contributed by atoms with Gasteiger partial charge in [-0.1, -0.05) is 12.8 Å². The fraction of sp³-hybridized carbons (Fsp3) is 0.867. The molecule has 5 nitrogen and oxygen atoms in total. The molecule has 1 aliphatic carbocycles. The maximum absolute atomic E-state index is 12.2. The molecule has 0 aromatic rings. The van der Waals surface area contributed by atoms with Crippen LogP contribution in [0, 0.1) is 5.92 Å². The molecule has 2 atom stereocenters. The van der Waals surface area contributed by atoms with Crippen LogP contribution < -0.4 is 5.73 Å². The molecule has 114 valence electrons. The zero-order valence-electron chi connectivity index (χ0n) is 12.5. The van der Waals surface area contributed by atoms with Crippen LogP contribution in [0.3, 0.4) is 0 Å². The second-order valence-corrected chi connectivity index (χ2v) is 6.22. The van der Waals surface area contributed by atoms with E-state index in [-0.39, 0.29) is 11.8 Å². The molecule has 1 saturated carbocycles. The number of carbonyl (C=O) groups is 2. The second-order valence-electron chi connectivity index (χ2n) is 6.22. The van der Waals surface area contributed by atoms with Crippen LogP contribution >= 0.6 is 0 Å². The third-order valence-corrected chi connectivity index (χ3v) is 4.67. The van der Waals surface area contributed by atoms with Gasteiger partial charge in [0, 0.05) is 45.6 Å². The number of rotatable bonds is 3. The smallest absolute Gasteiger partial charge is 0.222 e. The quantitative estimate of drug-likeness (QED) is 0.838. The van der Waals surface area contributed by atoms with Gasteiger partial charge in [0.2, 0.25) is 11.8 Å².